The van der Waals surface area contributed by atoms with Gasteiger partial charge in [-0.1, -0.05) is 121 Å². The van der Waals surface area contributed by atoms with E-state index in [-0.39, 0.29) is 25.7 Å². The molecule has 0 heterocycles. The van der Waals surface area contributed by atoms with Crippen molar-refractivity contribution in [1.82, 2.24) is 0 Å². The van der Waals surface area contributed by atoms with Crippen molar-refractivity contribution < 1.29 is 20.4 Å². The Hall–Kier alpha value is -3.28. The monoisotopic (exact) mass is 496 g/mol. The highest BCUT2D eigenvalue weighted by Gasteiger charge is 2.39. The fraction of sp³-hybridized carbons (Fsp3) is 0.273. The maximum absolute atomic E-state index is 11.4. The minimum absolute atomic E-state index is 0.273. The van der Waals surface area contributed by atoms with Gasteiger partial charge >= 0.3 is 0 Å². The Morgan fingerprint density at radius 2 is 0.541 bits per heavy atom. The molecule has 0 bridgehead atoms. The van der Waals surface area contributed by atoms with Gasteiger partial charge in [0.2, 0.25) is 0 Å². The largest absolute Gasteiger partial charge is 0.388 e. The van der Waals surface area contributed by atoms with Gasteiger partial charge in [-0.05, 0) is 53.4 Å². The van der Waals surface area contributed by atoms with Crippen LogP contribution >= 0.6 is 0 Å². The van der Waals surface area contributed by atoms with Crippen LogP contribution < -0.4 is 0 Å². The number of aliphatic hydroxyl groups is 4. The Labute approximate surface area is 219 Å². The van der Waals surface area contributed by atoms with Crippen LogP contribution in [0.15, 0.2) is 121 Å². The van der Waals surface area contributed by atoms with Crippen LogP contribution in [0.5, 0.6) is 0 Å². The van der Waals surface area contributed by atoms with E-state index in [9.17, 15) is 20.4 Å². The zero-order chi connectivity index (χ0) is 26.1. The minimum Gasteiger partial charge on any atom is -0.388 e. The van der Waals surface area contributed by atoms with Crippen LogP contribution in [-0.2, 0) is 0 Å². The van der Waals surface area contributed by atoms with Gasteiger partial charge in [0.15, 0.2) is 0 Å². The quantitative estimate of drug-likeness (QED) is 0.181. The minimum atomic E-state index is -0.824. The first-order valence-electron chi connectivity index (χ1n) is 12.9. The van der Waals surface area contributed by atoms with Crippen molar-refractivity contribution in [2.45, 2.75) is 50.1 Å². The molecule has 0 aliphatic heterocycles. The molecule has 4 nitrogen and oxygen atoms in total. The first-order valence-corrected chi connectivity index (χ1v) is 12.9. The molecule has 0 aromatic heterocycles. The normalized spacial score (nSPS) is 16.3. The molecule has 0 saturated heterocycles. The van der Waals surface area contributed by atoms with Gasteiger partial charge in [0, 0.05) is 0 Å². The lowest BCUT2D eigenvalue weighted by atomic mass is 9.67. The second-order valence-electron chi connectivity index (χ2n) is 10.0. The molecule has 4 unspecified atom stereocenters. The molecule has 0 saturated carbocycles. The van der Waals surface area contributed by atoms with Crippen LogP contribution in [0.3, 0.4) is 0 Å². The van der Waals surface area contributed by atoms with Crippen LogP contribution in [0.1, 0.15) is 72.4 Å². The molecule has 0 radical (unpaired) electrons. The number of hydrogen-bond donors (Lipinski definition) is 4. The van der Waals surface area contributed by atoms with Gasteiger partial charge < -0.3 is 20.4 Å². The van der Waals surface area contributed by atoms with E-state index in [0.29, 0.717) is 0 Å². The Balaban J connectivity index is 1.72. The van der Waals surface area contributed by atoms with Crippen molar-refractivity contribution in [2.75, 3.05) is 0 Å². The van der Waals surface area contributed by atoms with Crippen molar-refractivity contribution in [3.8, 4) is 0 Å². The topological polar surface area (TPSA) is 80.9 Å². The van der Waals surface area contributed by atoms with Crippen molar-refractivity contribution in [3.05, 3.63) is 144 Å². The second-order valence-corrected chi connectivity index (χ2v) is 10.0. The summed E-state index contributed by atoms with van der Waals surface area (Å²) in [7, 11) is 0. The van der Waals surface area contributed by atoms with Gasteiger partial charge in [-0.2, -0.15) is 0 Å². The first kappa shape index (κ1) is 26.8. The standard InChI is InChI=1S/C33H36O4/c34-29(25-13-5-1-6-14-25)21-33(22-30(35)26-15-7-2-8-16-26,23-31(36)27-17-9-3-10-18-27)24-32(37)28-19-11-4-12-20-28/h1-20,29-32,34-37H,21-24H2. The summed E-state index contributed by atoms with van der Waals surface area (Å²) in [5, 5.41) is 45.4. The molecule has 0 fully saturated rings. The lowest BCUT2D eigenvalue weighted by Gasteiger charge is -2.40. The van der Waals surface area contributed by atoms with Crippen LogP contribution in [0.4, 0.5) is 0 Å². The molecule has 0 aliphatic carbocycles. The SMILES string of the molecule is OC(CC(CC(O)c1ccccc1)(CC(O)c1ccccc1)CC(O)c1ccccc1)c1ccccc1. The average molecular weight is 497 g/mol. The third-order valence-electron chi connectivity index (χ3n) is 7.24. The molecule has 4 aromatic carbocycles. The molecule has 0 aliphatic rings. The van der Waals surface area contributed by atoms with Gasteiger partial charge in [0.1, 0.15) is 0 Å². The van der Waals surface area contributed by atoms with E-state index in [2.05, 4.69) is 0 Å². The molecular weight excluding hydrogens is 460 g/mol. The number of benzene rings is 4. The maximum atomic E-state index is 11.4. The van der Waals surface area contributed by atoms with Crippen molar-refractivity contribution in [2.24, 2.45) is 5.41 Å². The molecule has 192 valence electrons. The number of rotatable bonds is 12. The summed E-state index contributed by atoms with van der Waals surface area (Å²) in [6.07, 6.45) is -2.21. The smallest absolute Gasteiger partial charge is 0.0795 e. The molecule has 0 spiro atoms. The Bertz CT molecular complexity index is 987. The van der Waals surface area contributed by atoms with Crippen molar-refractivity contribution >= 4 is 0 Å². The number of aliphatic hydroxyl groups excluding tert-OH is 4. The molecule has 4 aromatic rings. The fourth-order valence-corrected chi connectivity index (χ4v) is 5.31. The van der Waals surface area contributed by atoms with Crippen LogP contribution in [-0.4, -0.2) is 20.4 Å². The Kier molecular flexibility index (Phi) is 9.26. The third-order valence-corrected chi connectivity index (χ3v) is 7.24. The predicted octanol–water partition coefficient (Wildman–Crippen LogP) is 6.47. The van der Waals surface area contributed by atoms with Gasteiger partial charge in [0.25, 0.3) is 0 Å². The number of hydrogen-bond acceptors (Lipinski definition) is 4. The van der Waals surface area contributed by atoms with E-state index in [0.717, 1.165) is 22.3 Å². The van der Waals surface area contributed by atoms with Gasteiger partial charge in [-0.3, -0.25) is 0 Å². The Morgan fingerprint density at radius 3 is 0.730 bits per heavy atom. The molecule has 4 rings (SSSR count). The lowest BCUT2D eigenvalue weighted by molar-refractivity contribution is -0.0237. The zero-order valence-electron chi connectivity index (χ0n) is 21.0. The fourth-order valence-electron chi connectivity index (χ4n) is 5.31. The van der Waals surface area contributed by atoms with Gasteiger partial charge in [-0.15, -0.1) is 0 Å². The second kappa shape index (κ2) is 12.8. The van der Waals surface area contributed by atoms with Crippen LogP contribution in [0, 0.1) is 5.41 Å². The van der Waals surface area contributed by atoms with E-state index < -0.39 is 29.8 Å². The highest BCUT2D eigenvalue weighted by atomic mass is 16.3. The summed E-state index contributed by atoms with van der Waals surface area (Å²) in [6, 6.07) is 37.7. The molecule has 37 heavy (non-hydrogen) atoms. The van der Waals surface area contributed by atoms with Gasteiger partial charge in [0.05, 0.1) is 24.4 Å². The van der Waals surface area contributed by atoms with Crippen LogP contribution in [0.2, 0.25) is 0 Å². The van der Waals surface area contributed by atoms with E-state index in [4.69, 9.17) is 0 Å². The maximum Gasteiger partial charge on any atom is 0.0795 e. The summed E-state index contributed by atoms with van der Waals surface area (Å²) in [6.45, 7) is 0. The summed E-state index contributed by atoms with van der Waals surface area (Å²) in [4.78, 5) is 0. The summed E-state index contributed by atoms with van der Waals surface area (Å²) < 4.78 is 0. The average Bonchev–Trinajstić information content (AvgIpc) is 2.94. The lowest BCUT2D eigenvalue weighted by Crippen LogP contribution is -2.31. The predicted molar refractivity (Wildman–Crippen MR) is 147 cm³/mol. The van der Waals surface area contributed by atoms with E-state index in [1.807, 2.05) is 121 Å². The highest BCUT2D eigenvalue weighted by molar-refractivity contribution is 5.23. The van der Waals surface area contributed by atoms with E-state index in [1.54, 1.807) is 0 Å². The molecule has 4 heteroatoms. The summed E-state index contributed by atoms with van der Waals surface area (Å²) in [5.41, 5.74) is 2.28. The Morgan fingerprint density at radius 1 is 0.351 bits per heavy atom. The first-order chi connectivity index (χ1) is 18.0. The molecular formula is C33H36O4. The molecule has 4 atom stereocenters. The van der Waals surface area contributed by atoms with E-state index in [1.165, 1.54) is 0 Å². The van der Waals surface area contributed by atoms with Crippen molar-refractivity contribution in [3.63, 3.8) is 0 Å². The van der Waals surface area contributed by atoms with E-state index >= 15 is 0 Å². The molecule has 0 amide bonds. The summed E-state index contributed by atoms with van der Waals surface area (Å²) in [5.74, 6) is 0. The molecule has 4 N–H and O–H groups in total. The zero-order valence-corrected chi connectivity index (χ0v) is 21.0. The third kappa shape index (κ3) is 7.37. The highest BCUT2D eigenvalue weighted by Crippen LogP contribution is 2.49. The van der Waals surface area contributed by atoms with Crippen LogP contribution in [0.25, 0.3) is 0 Å². The van der Waals surface area contributed by atoms with Crippen molar-refractivity contribution in [1.29, 1.82) is 0 Å². The summed E-state index contributed by atoms with van der Waals surface area (Å²) >= 11 is 0. The van der Waals surface area contributed by atoms with Gasteiger partial charge in [-0.25, -0.2) is 0 Å².